The summed E-state index contributed by atoms with van der Waals surface area (Å²) in [5, 5.41) is 3.25. The highest BCUT2D eigenvalue weighted by molar-refractivity contribution is 6.30. The van der Waals surface area contributed by atoms with E-state index in [1.807, 2.05) is 25.7 Å². The third-order valence-corrected chi connectivity index (χ3v) is 5.79. The van der Waals surface area contributed by atoms with Gasteiger partial charge >= 0.3 is 12.1 Å². The predicted octanol–water partition coefficient (Wildman–Crippen LogP) is 3.92. The van der Waals surface area contributed by atoms with E-state index in [0.717, 1.165) is 0 Å². The average Bonchev–Trinajstić information content (AvgIpc) is 2.81. The van der Waals surface area contributed by atoms with Crippen LogP contribution in [0.25, 0.3) is 0 Å². The molecule has 2 bridgehead atoms. The van der Waals surface area contributed by atoms with Gasteiger partial charge in [-0.15, -0.1) is 0 Å². The van der Waals surface area contributed by atoms with Gasteiger partial charge in [0.1, 0.15) is 11.4 Å². The average molecular weight is 396 g/mol. The Morgan fingerprint density at radius 1 is 1.26 bits per heavy atom. The van der Waals surface area contributed by atoms with Crippen molar-refractivity contribution in [3.63, 3.8) is 0 Å². The van der Waals surface area contributed by atoms with Crippen LogP contribution in [-0.4, -0.2) is 46.8 Å². The molecule has 8 heteroatoms. The van der Waals surface area contributed by atoms with Crippen LogP contribution >= 0.6 is 11.6 Å². The number of halogens is 2. The molecule has 0 spiro atoms. The fraction of sp³-hybridized carbons (Fsp3) is 0.579. The second-order valence-electron chi connectivity index (χ2n) is 8.84. The molecule has 1 heterocycles. The van der Waals surface area contributed by atoms with E-state index in [2.05, 4.69) is 5.32 Å². The number of nitrogens with one attached hydrogen (secondary N) is 1. The number of anilines is 1. The standard InChI is InChI=1S/C19H23ClFN3O3/c1-17(2,3)27-15(25)22-18-9-19(10-18,11-18)24-7-6-23(16(24)26)14-5-4-12(20)8-13(14)21/h4-5,8H,6-7,9-11H2,1-3H3,(H,22,25). The number of amides is 3. The molecule has 0 atom stereocenters. The minimum Gasteiger partial charge on any atom is -0.444 e. The lowest BCUT2D eigenvalue weighted by atomic mass is 9.43. The molecule has 27 heavy (non-hydrogen) atoms. The maximum atomic E-state index is 14.2. The Labute approximate surface area is 162 Å². The normalized spacial score (nSPS) is 29.3. The van der Waals surface area contributed by atoms with Gasteiger partial charge in [0.25, 0.3) is 0 Å². The number of urea groups is 1. The van der Waals surface area contributed by atoms with Crippen molar-refractivity contribution >= 4 is 29.4 Å². The van der Waals surface area contributed by atoms with Gasteiger partial charge in [0.15, 0.2) is 0 Å². The third kappa shape index (κ3) is 3.02. The van der Waals surface area contributed by atoms with Crippen molar-refractivity contribution in [2.75, 3.05) is 18.0 Å². The van der Waals surface area contributed by atoms with Crippen LogP contribution in [0, 0.1) is 5.82 Å². The van der Waals surface area contributed by atoms with Crippen LogP contribution in [0.4, 0.5) is 19.7 Å². The Balaban J connectivity index is 1.39. The van der Waals surface area contributed by atoms with E-state index in [1.54, 1.807) is 6.07 Å². The molecular weight excluding hydrogens is 373 g/mol. The molecule has 1 aromatic carbocycles. The Bertz CT molecular complexity index is 803. The molecule has 146 valence electrons. The maximum Gasteiger partial charge on any atom is 0.408 e. The fourth-order valence-corrected chi connectivity index (χ4v) is 4.73. The van der Waals surface area contributed by atoms with Crippen LogP contribution in [0.15, 0.2) is 18.2 Å². The van der Waals surface area contributed by atoms with Crippen LogP contribution in [0.3, 0.4) is 0 Å². The Morgan fingerprint density at radius 3 is 2.52 bits per heavy atom. The first-order valence-electron chi connectivity index (χ1n) is 9.08. The molecule has 0 aromatic heterocycles. The number of carbonyl (C=O) groups excluding carboxylic acids is 2. The van der Waals surface area contributed by atoms with Gasteiger partial charge in [0, 0.05) is 18.1 Å². The van der Waals surface area contributed by atoms with Crippen LogP contribution in [0.2, 0.25) is 5.02 Å². The summed E-state index contributed by atoms with van der Waals surface area (Å²) in [6.45, 7) is 6.45. The fourth-order valence-electron chi connectivity index (χ4n) is 4.57. The summed E-state index contributed by atoms with van der Waals surface area (Å²) >= 11 is 5.80. The zero-order valence-electron chi connectivity index (χ0n) is 15.6. The molecule has 3 amide bonds. The number of alkyl carbamates (subject to hydrolysis) is 1. The van der Waals surface area contributed by atoms with Gasteiger partial charge in [-0.1, -0.05) is 11.6 Å². The van der Waals surface area contributed by atoms with Gasteiger partial charge in [-0.05, 0) is 58.2 Å². The first-order valence-corrected chi connectivity index (χ1v) is 9.46. The number of nitrogens with zero attached hydrogens (tertiary/aromatic N) is 2. The summed E-state index contributed by atoms with van der Waals surface area (Å²) in [5.41, 5.74) is -0.801. The summed E-state index contributed by atoms with van der Waals surface area (Å²) in [6, 6.07) is 4.14. The Morgan fingerprint density at radius 2 is 1.93 bits per heavy atom. The van der Waals surface area contributed by atoms with Gasteiger partial charge in [-0.3, -0.25) is 4.90 Å². The molecule has 0 radical (unpaired) electrons. The van der Waals surface area contributed by atoms with Crippen molar-refractivity contribution in [3.8, 4) is 0 Å². The summed E-state index contributed by atoms with van der Waals surface area (Å²) in [6.07, 6.45) is 1.71. The van der Waals surface area contributed by atoms with Crippen molar-refractivity contribution in [2.45, 2.75) is 56.7 Å². The number of carbonyl (C=O) groups is 2. The van der Waals surface area contributed by atoms with Crippen molar-refractivity contribution in [3.05, 3.63) is 29.0 Å². The quantitative estimate of drug-likeness (QED) is 0.843. The molecule has 3 aliphatic carbocycles. The minimum atomic E-state index is -0.542. The number of hydrogen-bond donors (Lipinski definition) is 1. The number of rotatable bonds is 3. The van der Waals surface area contributed by atoms with E-state index in [9.17, 15) is 14.0 Å². The van der Waals surface area contributed by atoms with E-state index >= 15 is 0 Å². The predicted molar refractivity (Wildman–Crippen MR) is 99.5 cm³/mol. The van der Waals surface area contributed by atoms with Gasteiger partial charge in [-0.2, -0.15) is 0 Å². The van der Waals surface area contributed by atoms with E-state index in [1.165, 1.54) is 17.0 Å². The second kappa shape index (κ2) is 5.74. The van der Waals surface area contributed by atoms with E-state index in [-0.39, 0.29) is 22.8 Å². The molecule has 6 nitrogen and oxygen atoms in total. The lowest BCUT2D eigenvalue weighted by molar-refractivity contribution is -0.152. The highest BCUT2D eigenvalue weighted by Gasteiger charge is 2.73. The lowest BCUT2D eigenvalue weighted by Gasteiger charge is -2.72. The number of ether oxygens (including phenoxy) is 1. The zero-order valence-corrected chi connectivity index (χ0v) is 16.4. The van der Waals surface area contributed by atoms with Crippen molar-refractivity contribution in [2.24, 2.45) is 0 Å². The summed E-state index contributed by atoms with van der Waals surface area (Å²) in [7, 11) is 0. The Kier molecular flexibility index (Phi) is 3.90. The minimum absolute atomic E-state index is 0.193. The van der Waals surface area contributed by atoms with Crippen LogP contribution in [0.1, 0.15) is 40.0 Å². The first kappa shape index (κ1) is 18.3. The molecule has 0 unspecified atom stereocenters. The summed E-state index contributed by atoms with van der Waals surface area (Å²) in [5.74, 6) is -0.502. The van der Waals surface area contributed by atoms with Crippen molar-refractivity contribution in [1.82, 2.24) is 10.2 Å². The van der Waals surface area contributed by atoms with Crippen LogP contribution in [0.5, 0.6) is 0 Å². The lowest BCUT2D eigenvalue weighted by Crippen LogP contribution is -2.84. The van der Waals surface area contributed by atoms with Crippen LogP contribution < -0.4 is 10.2 Å². The highest BCUT2D eigenvalue weighted by Crippen LogP contribution is 2.64. The number of hydrogen-bond acceptors (Lipinski definition) is 3. The van der Waals surface area contributed by atoms with Gasteiger partial charge in [0.05, 0.1) is 16.8 Å². The van der Waals surface area contributed by atoms with Crippen molar-refractivity contribution in [1.29, 1.82) is 0 Å². The number of benzene rings is 1. The largest absolute Gasteiger partial charge is 0.444 e. The van der Waals surface area contributed by atoms with Crippen LogP contribution in [-0.2, 0) is 4.74 Å². The summed E-state index contributed by atoms with van der Waals surface area (Å²) in [4.78, 5) is 28.1. The van der Waals surface area contributed by atoms with Gasteiger partial charge in [-0.25, -0.2) is 14.0 Å². The SMILES string of the molecule is CC(C)(C)OC(=O)NC12CC(N3CCN(c4ccc(Cl)cc4F)C3=O)(C1)C2. The molecule has 4 aliphatic rings. The highest BCUT2D eigenvalue weighted by atomic mass is 35.5. The monoisotopic (exact) mass is 395 g/mol. The molecule has 5 rings (SSSR count). The third-order valence-electron chi connectivity index (χ3n) is 5.55. The first-order chi connectivity index (χ1) is 12.5. The molecule has 1 aliphatic heterocycles. The molecular formula is C19H23ClFN3O3. The van der Waals surface area contributed by atoms with E-state index in [4.69, 9.17) is 16.3 Å². The Hall–Kier alpha value is -2.02. The topological polar surface area (TPSA) is 61.9 Å². The zero-order chi connectivity index (χ0) is 19.6. The van der Waals surface area contributed by atoms with Gasteiger partial charge < -0.3 is 15.0 Å². The molecule has 1 N–H and O–H groups in total. The van der Waals surface area contributed by atoms with Crippen molar-refractivity contribution < 1.29 is 18.7 Å². The molecule has 4 fully saturated rings. The molecule has 1 aromatic rings. The summed E-state index contributed by atoms with van der Waals surface area (Å²) < 4.78 is 19.5. The molecule has 3 saturated carbocycles. The molecule has 1 saturated heterocycles. The maximum absolute atomic E-state index is 14.2. The van der Waals surface area contributed by atoms with Gasteiger partial charge in [0.2, 0.25) is 0 Å². The second-order valence-corrected chi connectivity index (χ2v) is 9.28. The van der Waals surface area contributed by atoms with E-state index < -0.39 is 17.5 Å². The smallest absolute Gasteiger partial charge is 0.408 e. The van der Waals surface area contributed by atoms with E-state index in [0.29, 0.717) is 37.4 Å².